The maximum Gasteiger partial charge on any atom is 0.168 e. The fraction of sp³-hybridized carbons (Fsp3) is 0.118. The number of nitrogens with zero attached hydrogens (tertiary/aromatic N) is 4. The van der Waals surface area contributed by atoms with E-state index in [1.54, 1.807) is 29.4 Å². The van der Waals surface area contributed by atoms with Crippen LogP contribution in [0.25, 0.3) is 28.1 Å². The molecule has 120 valence electrons. The first kappa shape index (κ1) is 14.4. The molecule has 24 heavy (non-hydrogen) atoms. The van der Waals surface area contributed by atoms with Gasteiger partial charge in [-0.15, -0.1) is 10.2 Å². The number of aryl methyl sites for hydroxylation is 1. The van der Waals surface area contributed by atoms with E-state index in [9.17, 15) is 4.39 Å². The molecular formula is C17H14FN5O. The van der Waals surface area contributed by atoms with Crippen molar-refractivity contribution in [2.75, 3.05) is 7.11 Å². The molecule has 2 heterocycles. The number of hydrogen-bond donors (Lipinski definition) is 1. The molecule has 4 aromatic rings. The van der Waals surface area contributed by atoms with Gasteiger partial charge in [-0.3, -0.25) is 4.57 Å². The van der Waals surface area contributed by atoms with Crippen LogP contribution in [0.15, 0.2) is 43.0 Å². The highest BCUT2D eigenvalue weighted by Crippen LogP contribution is 2.28. The monoisotopic (exact) mass is 323 g/mol. The van der Waals surface area contributed by atoms with Gasteiger partial charge in [0, 0.05) is 11.6 Å². The van der Waals surface area contributed by atoms with Crippen LogP contribution in [0, 0.1) is 12.7 Å². The van der Waals surface area contributed by atoms with E-state index >= 15 is 0 Å². The minimum Gasteiger partial charge on any atom is -0.494 e. The van der Waals surface area contributed by atoms with E-state index in [1.807, 2.05) is 19.1 Å². The Balaban J connectivity index is 1.87. The summed E-state index contributed by atoms with van der Waals surface area (Å²) in [5, 5.41) is 8.22. The van der Waals surface area contributed by atoms with Crippen LogP contribution in [0.4, 0.5) is 4.39 Å². The van der Waals surface area contributed by atoms with Crippen molar-refractivity contribution in [2.24, 2.45) is 0 Å². The Bertz CT molecular complexity index is 1040. The second-order valence-corrected chi connectivity index (χ2v) is 5.44. The average Bonchev–Trinajstić information content (AvgIpc) is 3.24. The van der Waals surface area contributed by atoms with E-state index in [2.05, 4.69) is 20.2 Å². The number of hydrogen-bond acceptors (Lipinski definition) is 4. The molecule has 0 saturated heterocycles. The highest BCUT2D eigenvalue weighted by Gasteiger charge is 2.13. The van der Waals surface area contributed by atoms with E-state index < -0.39 is 5.82 Å². The van der Waals surface area contributed by atoms with Crippen LogP contribution in [-0.2, 0) is 0 Å². The van der Waals surface area contributed by atoms with Gasteiger partial charge in [0.15, 0.2) is 17.4 Å². The van der Waals surface area contributed by atoms with Crippen LogP contribution in [0.5, 0.6) is 5.75 Å². The van der Waals surface area contributed by atoms with Gasteiger partial charge in [-0.25, -0.2) is 9.37 Å². The highest BCUT2D eigenvalue weighted by atomic mass is 19.1. The van der Waals surface area contributed by atoms with Crippen molar-refractivity contribution in [2.45, 2.75) is 6.92 Å². The van der Waals surface area contributed by atoms with Gasteiger partial charge in [0.25, 0.3) is 0 Å². The van der Waals surface area contributed by atoms with E-state index in [1.165, 1.54) is 13.2 Å². The molecule has 0 aliphatic heterocycles. The Morgan fingerprint density at radius 3 is 2.92 bits per heavy atom. The summed E-state index contributed by atoms with van der Waals surface area (Å²) in [6.45, 7) is 1.99. The number of benzene rings is 2. The third-order valence-electron chi connectivity index (χ3n) is 3.93. The summed E-state index contributed by atoms with van der Waals surface area (Å²) < 4.78 is 20.5. The Morgan fingerprint density at radius 2 is 2.08 bits per heavy atom. The van der Waals surface area contributed by atoms with Gasteiger partial charge in [-0.2, -0.15) is 0 Å². The SMILES string of the molecule is COc1cc(-n2cnnc2-c2cc(C)c3nc[nH]c3c2)ccc1F. The van der Waals surface area contributed by atoms with Crippen LogP contribution in [0.2, 0.25) is 0 Å². The lowest BCUT2D eigenvalue weighted by Crippen LogP contribution is -1.98. The van der Waals surface area contributed by atoms with Crippen molar-refractivity contribution in [1.82, 2.24) is 24.7 Å². The summed E-state index contributed by atoms with van der Waals surface area (Å²) >= 11 is 0. The molecule has 1 N–H and O–H groups in total. The van der Waals surface area contributed by atoms with Crippen LogP contribution >= 0.6 is 0 Å². The molecule has 0 fully saturated rings. The minimum atomic E-state index is -0.411. The molecule has 0 bridgehead atoms. The molecule has 0 aliphatic carbocycles. The van der Waals surface area contributed by atoms with Crippen molar-refractivity contribution in [1.29, 1.82) is 0 Å². The smallest absolute Gasteiger partial charge is 0.168 e. The number of H-pyrrole nitrogens is 1. The molecule has 0 spiro atoms. The number of halogens is 1. The summed E-state index contributed by atoms with van der Waals surface area (Å²) in [4.78, 5) is 7.41. The Kier molecular flexibility index (Phi) is 3.26. The second kappa shape index (κ2) is 5.45. The molecule has 2 aromatic carbocycles. The number of fused-ring (bicyclic) bond motifs is 1. The molecular weight excluding hydrogens is 309 g/mol. The first-order valence-electron chi connectivity index (χ1n) is 7.35. The predicted octanol–water partition coefficient (Wildman–Crippen LogP) is 3.27. The lowest BCUT2D eigenvalue weighted by atomic mass is 10.1. The van der Waals surface area contributed by atoms with Crippen LogP contribution in [0.1, 0.15) is 5.56 Å². The Labute approximate surface area is 136 Å². The topological polar surface area (TPSA) is 68.6 Å². The summed E-state index contributed by atoms with van der Waals surface area (Å²) in [7, 11) is 1.44. The fourth-order valence-corrected chi connectivity index (χ4v) is 2.78. The molecule has 0 radical (unpaired) electrons. The molecule has 0 saturated carbocycles. The van der Waals surface area contributed by atoms with Gasteiger partial charge in [-0.1, -0.05) is 0 Å². The number of aromatic nitrogens is 5. The van der Waals surface area contributed by atoms with Gasteiger partial charge >= 0.3 is 0 Å². The zero-order valence-corrected chi connectivity index (χ0v) is 13.1. The molecule has 7 heteroatoms. The van der Waals surface area contributed by atoms with E-state index in [0.29, 0.717) is 5.82 Å². The largest absolute Gasteiger partial charge is 0.494 e. The molecule has 6 nitrogen and oxygen atoms in total. The van der Waals surface area contributed by atoms with Crippen molar-refractivity contribution in [3.05, 3.63) is 54.4 Å². The Morgan fingerprint density at radius 1 is 1.21 bits per heavy atom. The highest BCUT2D eigenvalue weighted by molar-refractivity contribution is 5.83. The molecule has 0 aliphatic rings. The molecule has 0 unspecified atom stereocenters. The molecule has 4 rings (SSSR count). The minimum absolute atomic E-state index is 0.173. The zero-order chi connectivity index (χ0) is 16.7. The predicted molar refractivity (Wildman–Crippen MR) is 87.7 cm³/mol. The van der Waals surface area contributed by atoms with Gasteiger partial charge in [0.1, 0.15) is 6.33 Å². The third-order valence-corrected chi connectivity index (χ3v) is 3.93. The van der Waals surface area contributed by atoms with Crippen LogP contribution < -0.4 is 4.74 Å². The number of methoxy groups -OCH3 is 1. The summed E-state index contributed by atoms with van der Waals surface area (Å²) in [6, 6.07) is 8.61. The van der Waals surface area contributed by atoms with Crippen molar-refractivity contribution in [3.8, 4) is 22.8 Å². The zero-order valence-electron chi connectivity index (χ0n) is 13.1. The van der Waals surface area contributed by atoms with Crippen LogP contribution in [0.3, 0.4) is 0 Å². The fourth-order valence-electron chi connectivity index (χ4n) is 2.78. The normalized spacial score (nSPS) is 11.1. The first-order chi connectivity index (χ1) is 11.7. The number of aromatic amines is 1. The second-order valence-electron chi connectivity index (χ2n) is 5.44. The summed E-state index contributed by atoms with van der Waals surface area (Å²) in [6.07, 6.45) is 3.26. The van der Waals surface area contributed by atoms with E-state index in [-0.39, 0.29) is 5.75 Å². The number of nitrogens with one attached hydrogen (secondary N) is 1. The number of imidazole rings is 1. The quantitative estimate of drug-likeness (QED) is 0.628. The summed E-state index contributed by atoms with van der Waals surface area (Å²) in [5.74, 6) is 0.418. The van der Waals surface area contributed by atoms with Gasteiger partial charge < -0.3 is 9.72 Å². The lowest BCUT2D eigenvalue weighted by molar-refractivity contribution is 0.386. The number of rotatable bonds is 3. The maximum atomic E-state index is 13.7. The molecule has 0 amide bonds. The standard InChI is InChI=1S/C17H14FN5O/c1-10-5-11(6-14-16(10)20-8-19-14)17-22-21-9-23(17)12-3-4-13(18)15(7-12)24-2/h3-9H,1-2H3,(H,19,20). The first-order valence-corrected chi connectivity index (χ1v) is 7.35. The third kappa shape index (κ3) is 2.21. The average molecular weight is 323 g/mol. The summed E-state index contributed by atoms with van der Waals surface area (Å²) in [5.41, 5.74) is 4.50. The van der Waals surface area contributed by atoms with Gasteiger partial charge in [0.2, 0.25) is 0 Å². The van der Waals surface area contributed by atoms with E-state index in [0.717, 1.165) is 27.8 Å². The Hall–Kier alpha value is -3.22. The maximum absolute atomic E-state index is 13.7. The number of ether oxygens (including phenoxy) is 1. The van der Waals surface area contributed by atoms with Crippen molar-refractivity contribution in [3.63, 3.8) is 0 Å². The van der Waals surface area contributed by atoms with Crippen molar-refractivity contribution >= 4 is 11.0 Å². The van der Waals surface area contributed by atoms with Gasteiger partial charge in [0.05, 0.1) is 30.2 Å². The van der Waals surface area contributed by atoms with Gasteiger partial charge in [-0.05, 0) is 36.8 Å². The lowest BCUT2D eigenvalue weighted by Gasteiger charge is -2.10. The molecule has 2 aromatic heterocycles. The van der Waals surface area contributed by atoms with Crippen LogP contribution in [-0.4, -0.2) is 31.8 Å². The van der Waals surface area contributed by atoms with E-state index in [4.69, 9.17) is 4.74 Å². The molecule has 0 atom stereocenters. The van der Waals surface area contributed by atoms with Crippen molar-refractivity contribution < 1.29 is 9.13 Å².